The largest absolute Gasteiger partial charge is 0.388 e. The lowest BCUT2D eigenvalue weighted by Gasteiger charge is -2.26. The van der Waals surface area contributed by atoms with E-state index in [2.05, 4.69) is 10.3 Å². The van der Waals surface area contributed by atoms with Crippen molar-refractivity contribution in [1.82, 2.24) is 5.32 Å². The van der Waals surface area contributed by atoms with Crippen LogP contribution in [0.3, 0.4) is 0 Å². The maximum atomic E-state index is 12.0. The number of rotatable bonds is 8. The fourth-order valence-corrected chi connectivity index (χ4v) is 3.26. The third kappa shape index (κ3) is 6.38. The summed E-state index contributed by atoms with van der Waals surface area (Å²) in [7, 11) is 0. The molecule has 0 aliphatic heterocycles. The molecule has 1 amide bonds. The van der Waals surface area contributed by atoms with Crippen molar-refractivity contribution in [2.75, 3.05) is 6.54 Å². The number of hydrogen-bond donors (Lipinski definition) is 4. The molecule has 10 heteroatoms. The summed E-state index contributed by atoms with van der Waals surface area (Å²) in [5.74, 6) is -2.29. The van der Waals surface area contributed by atoms with Gasteiger partial charge in [0.05, 0.1) is 12.6 Å². The van der Waals surface area contributed by atoms with Crippen LogP contribution in [-0.2, 0) is 21.0 Å². The highest BCUT2D eigenvalue weighted by atomic mass is 35.5. The van der Waals surface area contributed by atoms with Crippen LogP contribution in [0.15, 0.2) is 42.5 Å². The molecule has 0 aliphatic carbocycles. The van der Waals surface area contributed by atoms with Gasteiger partial charge in [-0.3, -0.25) is 9.74 Å². The number of nitrogens with one attached hydrogen (secondary N) is 1. The van der Waals surface area contributed by atoms with Crippen molar-refractivity contribution in [2.45, 2.75) is 24.7 Å². The molecule has 0 saturated carbocycles. The number of hydrogen-bond acceptors (Lipinski definition) is 6. The van der Waals surface area contributed by atoms with Crippen molar-refractivity contribution < 1.29 is 29.3 Å². The predicted molar refractivity (Wildman–Crippen MR) is 106 cm³/mol. The van der Waals surface area contributed by atoms with Crippen molar-refractivity contribution in [3.63, 3.8) is 0 Å². The minimum absolute atomic E-state index is 0.0279. The second-order valence-electron chi connectivity index (χ2n) is 6.27. The van der Waals surface area contributed by atoms with E-state index in [9.17, 15) is 24.3 Å². The van der Waals surface area contributed by atoms with Crippen molar-refractivity contribution in [2.24, 2.45) is 5.73 Å². The number of aliphatic hydroxyl groups excluding tert-OH is 2. The zero-order valence-electron chi connectivity index (χ0n) is 15.0. The fraction of sp³-hybridized carbons (Fsp3) is 0.263. The quantitative estimate of drug-likeness (QED) is 0.492. The first-order valence-electron chi connectivity index (χ1n) is 8.48. The number of nitrogens with two attached hydrogens (primary N) is 1. The smallest absolute Gasteiger partial charge is 0.379 e. The number of carbonyl (C=O) groups is 2. The van der Waals surface area contributed by atoms with E-state index in [0.29, 0.717) is 15.6 Å². The average Bonchev–Trinajstić information content (AvgIpc) is 2.71. The number of benzene rings is 2. The van der Waals surface area contributed by atoms with Gasteiger partial charge in [0.15, 0.2) is 6.10 Å². The van der Waals surface area contributed by atoms with Crippen LogP contribution in [-0.4, -0.2) is 46.9 Å². The zero-order valence-corrected chi connectivity index (χ0v) is 16.5. The second kappa shape index (κ2) is 10.5. The molecular formula is C19H19Cl2FN2O5. The van der Waals surface area contributed by atoms with Gasteiger partial charge in [-0.25, -0.2) is 4.79 Å². The zero-order chi connectivity index (χ0) is 21.6. The van der Waals surface area contributed by atoms with Crippen LogP contribution in [0.4, 0.5) is 4.53 Å². The molecule has 0 radical (unpaired) electrons. The van der Waals surface area contributed by atoms with Crippen LogP contribution in [0.5, 0.6) is 0 Å². The van der Waals surface area contributed by atoms with Gasteiger partial charge in [0, 0.05) is 14.6 Å². The van der Waals surface area contributed by atoms with Gasteiger partial charge in [-0.2, -0.15) is 0 Å². The van der Waals surface area contributed by atoms with Crippen LogP contribution in [0, 0.1) is 0 Å². The Kier molecular flexibility index (Phi) is 8.36. The number of aliphatic hydroxyl groups is 2. The number of halogens is 3. The van der Waals surface area contributed by atoms with Crippen molar-refractivity contribution in [3.05, 3.63) is 58.1 Å². The molecule has 0 saturated heterocycles. The van der Waals surface area contributed by atoms with E-state index in [1.807, 2.05) is 0 Å². The second-order valence-corrected chi connectivity index (χ2v) is 7.14. The SMILES string of the molecule is NCC(=O)NC(Cc1ccc(-c2cc(Cl)cc(Cl)c2)cc1)C(O)C(O)C(=O)OF. The monoisotopic (exact) mass is 444 g/mol. The first-order valence-corrected chi connectivity index (χ1v) is 9.24. The van der Waals surface area contributed by atoms with E-state index in [1.165, 1.54) is 0 Å². The van der Waals surface area contributed by atoms with Crippen molar-refractivity contribution in [1.29, 1.82) is 0 Å². The lowest BCUT2D eigenvalue weighted by molar-refractivity contribution is -0.200. The molecule has 29 heavy (non-hydrogen) atoms. The third-order valence-electron chi connectivity index (χ3n) is 4.19. The van der Waals surface area contributed by atoms with Crippen molar-refractivity contribution >= 4 is 35.1 Å². The van der Waals surface area contributed by atoms with Gasteiger partial charge < -0.3 is 21.3 Å². The standard InChI is InChI=1S/C19H19Cl2FN2O5/c20-13-6-12(7-14(21)8-13)11-3-1-10(2-4-11)5-15(24-16(25)9-23)17(26)18(27)19(28)29-22/h1-4,6-8,15,17-18,26-27H,5,9,23H2,(H,24,25). The fourth-order valence-electron chi connectivity index (χ4n) is 2.74. The summed E-state index contributed by atoms with van der Waals surface area (Å²) < 4.78 is 12.0. The summed E-state index contributed by atoms with van der Waals surface area (Å²) in [4.78, 5) is 25.7. The molecule has 7 nitrogen and oxygen atoms in total. The molecule has 2 aromatic rings. The van der Waals surface area contributed by atoms with E-state index >= 15 is 0 Å². The Morgan fingerprint density at radius 1 is 1.07 bits per heavy atom. The van der Waals surface area contributed by atoms with E-state index in [-0.39, 0.29) is 13.0 Å². The highest BCUT2D eigenvalue weighted by Gasteiger charge is 2.34. The van der Waals surface area contributed by atoms with Crippen molar-refractivity contribution in [3.8, 4) is 11.1 Å². The minimum atomic E-state index is -2.18. The Bertz CT molecular complexity index is 846. The van der Waals surface area contributed by atoms with Gasteiger partial charge in [0.2, 0.25) is 5.91 Å². The van der Waals surface area contributed by atoms with Crippen LogP contribution in [0.25, 0.3) is 11.1 Å². The van der Waals surface area contributed by atoms with Crippen LogP contribution >= 0.6 is 23.2 Å². The van der Waals surface area contributed by atoms with Gasteiger partial charge in [-0.05, 0) is 41.3 Å². The van der Waals surface area contributed by atoms with Crippen LogP contribution in [0.2, 0.25) is 10.0 Å². The highest BCUT2D eigenvalue weighted by Crippen LogP contribution is 2.27. The molecule has 0 heterocycles. The highest BCUT2D eigenvalue weighted by molar-refractivity contribution is 6.35. The topological polar surface area (TPSA) is 122 Å². The third-order valence-corrected chi connectivity index (χ3v) is 4.63. The Balaban J connectivity index is 2.21. The summed E-state index contributed by atoms with van der Waals surface area (Å²) in [6.07, 6.45) is -3.98. The first-order chi connectivity index (χ1) is 13.7. The molecule has 0 bridgehead atoms. The van der Waals surface area contributed by atoms with Gasteiger partial charge in [0.25, 0.3) is 0 Å². The molecule has 0 fully saturated rings. The Labute approximate surface area is 176 Å². The molecule has 0 spiro atoms. The van der Waals surface area contributed by atoms with Crippen LogP contribution in [0.1, 0.15) is 5.56 Å². The van der Waals surface area contributed by atoms with E-state index < -0.39 is 30.1 Å². The average molecular weight is 445 g/mol. The first kappa shape index (κ1) is 23.1. The molecule has 2 aromatic carbocycles. The maximum Gasteiger partial charge on any atom is 0.379 e. The van der Waals surface area contributed by atoms with Gasteiger partial charge >= 0.3 is 5.97 Å². The van der Waals surface area contributed by atoms with Gasteiger partial charge in [-0.15, -0.1) is 0 Å². The van der Waals surface area contributed by atoms with Gasteiger partial charge in [0.1, 0.15) is 6.10 Å². The number of carbonyl (C=O) groups excluding carboxylic acids is 2. The molecule has 3 unspecified atom stereocenters. The Hall–Kier alpha value is -2.23. The van der Waals surface area contributed by atoms with Gasteiger partial charge in [-0.1, -0.05) is 47.5 Å². The lowest BCUT2D eigenvalue weighted by atomic mass is 9.96. The van der Waals surface area contributed by atoms with E-state index in [1.54, 1.807) is 42.5 Å². The summed E-state index contributed by atoms with van der Waals surface area (Å²) >= 11 is 12.0. The Morgan fingerprint density at radius 3 is 2.17 bits per heavy atom. The summed E-state index contributed by atoms with van der Waals surface area (Å²) in [5.41, 5.74) is 7.53. The number of amides is 1. The summed E-state index contributed by atoms with van der Waals surface area (Å²) in [5, 5.41) is 23.2. The normalized spacial score (nSPS) is 14.0. The summed E-state index contributed by atoms with van der Waals surface area (Å²) in [6, 6.07) is 11.0. The molecule has 156 valence electrons. The molecule has 0 aromatic heterocycles. The maximum absolute atomic E-state index is 12.0. The molecule has 2 rings (SSSR count). The molecule has 5 N–H and O–H groups in total. The van der Waals surface area contributed by atoms with E-state index in [0.717, 1.165) is 11.1 Å². The minimum Gasteiger partial charge on any atom is -0.388 e. The summed E-state index contributed by atoms with van der Waals surface area (Å²) in [6.45, 7) is -0.374. The van der Waals surface area contributed by atoms with E-state index in [4.69, 9.17) is 28.9 Å². The lowest BCUT2D eigenvalue weighted by Crippen LogP contribution is -2.53. The molecular weight excluding hydrogens is 426 g/mol. The molecule has 0 aliphatic rings. The Morgan fingerprint density at radius 2 is 1.66 bits per heavy atom. The molecule has 3 atom stereocenters. The predicted octanol–water partition coefficient (Wildman–Crippen LogP) is 1.80. The van der Waals surface area contributed by atoms with Crippen LogP contribution < -0.4 is 11.1 Å².